The van der Waals surface area contributed by atoms with Crippen molar-refractivity contribution in [1.82, 2.24) is 0 Å². The van der Waals surface area contributed by atoms with Crippen LogP contribution in [0.3, 0.4) is 0 Å². The molecule has 2 heteroatoms. The molecule has 1 N–H and O–H groups in total. The first-order valence-electron chi connectivity index (χ1n) is 3.43. The standard InChI is InChI=1S/C9H10N2/c1-8-2-4-9(5-3-8)11-7-6-10/h2-7,10H,1H3. The number of hydrogen-bond donors (Lipinski definition) is 1. The zero-order valence-corrected chi connectivity index (χ0v) is 6.41. The molecule has 0 aromatic heterocycles. The van der Waals surface area contributed by atoms with E-state index in [1.54, 1.807) is 0 Å². The number of nitrogens with one attached hydrogen (secondary N) is 1. The van der Waals surface area contributed by atoms with Crippen LogP contribution in [0.2, 0.25) is 0 Å². The third-order valence-electron chi connectivity index (χ3n) is 1.33. The fourth-order valence-electron chi connectivity index (χ4n) is 0.754. The van der Waals surface area contributed by atoms with Gasteiger partial charge in [0, 0.05) is 12.4 Å². The highest BCUT2D eigenvalue weighted by molar-refractivity contribution is 6.15. The van der Waals surface area contributed by atoms with Gasteiger partial charge in [-0.05, 0) is 19.1 Å². The van der Waals surface area contributed by atoms with Crippen molar-refractivity contribution in [1.29, 1.82) is 5.41 Å². The Morgan fingerprint density at radius 1 is 1.27 bits per heavy atom. The first kappa shape index (κ1) is 7.66. The van der Waals surface area contributed by atoms with Gasteiger partial charge in [-0.25, -0.2) is 0 Å². The third-order valence-corrected chi connectivity index (χ3v) is 1.33. The molecule has 0 aliphatic heterocycles. The average molecular weight is 146 g/mol. The van der Waals surface area contributed by atoms with Crippen LogP contribution in [0, 0.1) is 12.3 Å². The maximum absolute atomic E-state index is 6.72. The van der Waals surface area contributed by atoms with Crippen LogP contribution in [0.5, 0.6) is 0 Å². The van der Waals surface area contributed by atoms with E-state index in [-0.39, 0.29) is 0 Å². The lowest BCUT2D eigenvalue weighted by Crippen LogP contribution is -1.72. The highest BCUT2D eigenvalue weighted by atomic mass is 14.7. The Labute approximate surface area is 66.1 Å². The maximum atomic E-state index is 6.72. The Morgan fingerprint density at radius 2 is 1.91 bits per heavy atom. The van der Waals surface area contributed by atoms with Crippen LogP contribution in [0.15, 0.2) is 29.3 Å². The molecule has 0 saturated carbocycles. The lowest BCUT2D eigenvalue weighted by molar-refractivity contribution is 1.44. The summed E-state index contributed by atoms with van der Waals surface area (Å²) in [7, 11) is 0. The Balaban J connectivity index is 2.81. The summed E-state index contributed by atoms with van der Waals surface area (Å²) in [5.74, 6) is 0. The Morgan fingerprint density at radius 3 is 2.45 bits per heavy atom. The molecule has 0 fully saturated rings. The summed E-state index contributed by atoms with van der Waals surface area (Å²) in [4.78, 5) is 4.00. The van der Waals surface area contributed by atoms with Crippen molar-refractivity contribution in [3.63, 3.8) is 0 Å². The predicted molar refractivity (Wildman–Crippen MR) is 48.1 cm³/mol. The quantitative estimate of drug-likeness (QED) is 0.622. The number of nitrogens with zero attached hydrogens (tertiary/aromatic N) is 1. The molecule has 0 bridgehead atoms. The number of benzene rings is 1. The highest BCUT2D eigenvalue weighted by Crippen LogP contribution is 2.10. The van der Waals surface area contributed by atoms with Crippen molar-refractivity contribution in [2.24, 2.45) is 4.99 Å². The van der Waals surface area contributed by atoms with Gasteiger partial charge < -0.3 is 5.41 Å². The van der Waals surface area contributed by atoms with Crippen LogP contribution < -0.4 is 0 Å². The van der Waals surface area contributed by atoms with Crippen LogP contribution in [0.4, 0.5) is 5.69 Å². The highest BCUT2D eigenvalue weighted by Gasteiger charge is 1.84. The summed E-state index contributed by atoms with van der Waals surface area (Å²) < 4.78 is 0. The second-order valence-electron chi connectivity index (χ2n) is 2.28. The molecule has 0 aliphatic rings. The van der Waals surface area contributed by atoms with Crippen LogP contribution in [0.1, 0.15) is 5.56 Å². The topological polar surface area (TPSA) is 36.2 Å². The van der Waals surface area contributed by atoms with E-state index in [9.17, 15) is 0 Å². The molecule has 0 aliphatic carbocycles. The molecule has 0 heterocycles. The van der Waals surface area contributed by atoms with E-state index < -0.39 is 0 Å². The first-order valence-corrected chi connectivity index (χ1v) is 3.43. The van der Waals surface area contributed by atoms with Gasteiger partial charge in [0.05, 0.1) is 5.69 Å². The Bertz CT molecular complexity index is 259. The number of hydrogen-bond acceptors (Lipinski definition) is 2. The van der Waals surface area contributed by atoms with Crippen molar-refractivity contribution in [3.05, 3.63) is 29.8 Å². The van der Waals surface area contributed by atoms with Gasteiger partial charge in [-0.15, -0.1) is 0 Å². The van der Waals surface area contributed by atoms with Crippen molar-refractivity contribution in [3.8, 4) is 0 Å². The van der Waals surface area contributed by atoms with Crippen molar-refractivity contribution < 1.29 is 0 Å². The SMILES string of the molecule is Cc1ccc(N=CC=N)cc1. The fourth-order valence-corrected chi connectivity index (χ4v) is 0.754. The number of rotatable bonds is 2. The summed E-state index contributed by atoms with van der Waals surface area (Å²) in [6.07, 6.45) is 2.63. The van der Waals surface area contributed by atoms with Crippen LogP contribution >= 0.6 is 0 Å². The Hall–Kier alpha value is -1.44. The third kappa shape index (κ3) is 2.34. The molecule has 1 rings (SSSR count). The van der Waals surface area contributed by atoms with Crippen LogP contribution in [-0.2, 0) is 0 Å². The lowest BCUT2D eigenvalue weighted by Gasteiger charge is -1.92. The molecule has 1 aromatic carbocycles. The molecule has 1 aromatic rings. The van der Waals surface area contributed by atoms with Gasteiger partial charge in [-0.2, -0.15) is 0 Å². The van der Waals surface area contributed by atoms with Gasteiger partial charge in [0.15, 0.2) is 0 Å². The van der Waals surface area contributed by atoms with Crippen LogP contribution in [-0.4, -0.2) is 12.4 Å². The summed E-state index contributed by atoms with van der Waals surface area (Å²) in [5.41, 5.74) is 2.11. The van der Waals surface area contributed by atoms with Gasteiger partial charge in [0.2, 0.25) is 0 Å². The van der Waals surface area contributed by atoms with E-state index in [0.717, 1.165) is 5.69 Å². The van der Waals surface area contributed by atoms with Gasteiger partial charge >= 0.3 is 0 Å². The van der Waals surface area contributed by atoms with Crippen LogP contribution in [0.25, 0.3) is 0 Å². The van der Waals surface area contributed by atoms with E-state index in [4.69, 9.17) is 5.41 Å². The average Bonchev–Trinajstić information content (AvgIpc) is 2.04. The second-order valence-corrected chi connectivity index (χ2v) is 2.28. The number of aryl methyl sites for hydroxylation is 1. The van der Waals surface area contributed by atoms with Gasteiger partial charge in [-0.3, -0.25) is 4.99 Å². The predicted octanol–water partition coefficient (Wildman–Crippen LogP) is 2.35. The van der Waals surface area contributed by atoms with E-state index in [1.807, 2.05) is 31.2 Å². The van der Waals surface area contributed by atoms with E-state index in [1.165, 1.54) is 18.0 Å². The molecule has 56 valence electrons. The van der Waals surface area contributed by atoms with Crippen molar-refractivity contribution in [2.45, 2.75) is 6.92 Å². The van der Waals surface area contributed by atoms with Gasteiger partial charge in [-0.1, -0.05) is 17.7 Å². The minimum atomic E-state index is 0.888. The molecule has 11 heavy (non-hydrogen) atoms. The minimum Gasteiger partial charge on any atom is -0.307 e. The van der Waals surface area contributed by atoms with Gasteiger partial charge in [0.25, 0.3) is 0 Å². The molecule has 0 atom stereocenters. The monoisotopic (exact) mass is 146 g/mol. The van der Waals surface area contributed by atoms with Crippen molar-refractivity contribution >= 4 is 18.1 Å². The normalized spacial score (nSPS) is 10.3. The molecule has 0 spiro atoms. The number of aliphatic imine (C=N–C) groups is 1. The molecule has 0 unspecified atom stereocenters. The summed E-state index contributed by atoms with van der Waals surface area (Å²) in [5, 5.41) is 6.72. The zero-order valence-electron chi connectivity index (χ0n) is 6.41. The maximum Gasteiger partial charge on any atom is 0.0630 e. The summed E-state index contributed by atoms with van der Waals surface area (Å²) in [6.45, 7) is 2.03. The van der Waals surface area contributed by atoms with E-state index >= 15 is 0 Å². The zero-order chi connectivity index (χ0) is 8.10. The molecule has 2 nitrogen and oxygen atoms in total. The minimum absolute atomic E-state index is 0.888. The molecule has 0 radical (unpaired) electrons. The fraction of sp³-hybridized carbons (Fsp3) is 0.111. The van der Waals surface area contributed by atoms with Crippen molar-refractivity contribution in [2.75, 3.05) is 0 Å². The lowest BCUT2D eigenvalue weighted by atomic mass is 10.2. The summed E-state index contributed by atoms with van der Waals surface area (Å²) in [6, 6.07) is 7.85. The molecular weight excluding hydrogens is 136 g/mol. The molecule has 0 amide bonds. The van der Waals surface area contributed by atoms with Gasteiger partial charge in [0.1, 0.15) is 0 Å². The van der Waals surface area contributed by atoms with E-state index in [0.29, 0.717) is 0 Å². The smallest absolute Gasteiger partial charge is 0.0630 e. The largest absolute Gasteiger partial charge is 0.307 e. The second kappa shape index (κ2) is 3.66. The Kier molecular flexibility index (Phi) is 2.55. The molecule has 0 saturated heterocycles. The molecular formula is C9H10N2. The summed E-state index contributed by atoms with van der Waals surface area (Å²) >= 11 is 0. The van der Waals surface area contributed by atoms with E-state index in [2.05, 4.69) is 4.99 Å². The first-order chi connectivity index (χ1) is 5.33.